The molecule has 0 aliphatic carbocycles. The number of benzene rings is 2. The minimum absolute atomic E-state index is 0.436. The van der Waals surface area contributed by atoms with Gasteiger partial charge in [0.1, 0.15) is 23.1 Å². The molecular formula is C19H18ClF2NO4. The van der Waals surface area contributed by atoms with Gasteiger partial charge in [-0.2, -0.15) is 0 Å². The van der Waals surface area contributed by atoms with E-state index in [1.807, 2.05) is 0 Å². The first-order valence-corrected chi connectivity index (χ1v) is 8.40. The van der Waals surface area contributed by atoms with Crippen molar-refractivity contribution in [1.82, 2.24) is 0 Å². The predicted molar refractivity (Wildman–Crippen MR) is 97.0 cm³/mol. The summed E-state index contributed by atoms with van der Waals surface area (Å²) in [6.45, 7) is 4.40. The second-order valence-corrected chi connectivity index (χ2v) is 6.31. The molecule has 0 radical (unpaired) electrons. The minimum atomic E-state index is -1.27. The summed E-state index contributed by atoms with van der Waals surface area (Å²) in [7, 11) is 0. The number of carbonyl (C=O) groups excluding carboxylic acids is 2. The van der Waals surface area contributed by atoms with Gasteiger partial charge in [0.25, 0.3) is 5.91 Å². The van der Waals surface area contributed by atoms with Crippen LogP contribution in [0.1, 0.15) is 18.1 Å². The van der Waals surface area contributed by atoms with E-state index >= 15 is 0 Å². The van der Waals surface area contributed by atoms with E-state index in [2.05, 4.69) is 5.32 Å². The van der Waals surface area contributed by atoms with Crippen molar-refractivity contribution in [3.8, 4) is 5.75 Å². The zero-order valence-corrected chi connectivity index (χ0v) is 15.7. The maximum atomic E-state index is 13.6. The molecule has 0 unspecified atom stereocenters. The van der Waals surface area contributed by atoms with Gasteiger partial charge in [-0.05, 0) is 56.2 Å². The van der Waals surface area contributed by atoms with Gasteiger partial charge in [-0.25, -0.2) is 13.6 Å². The first-order valence-electron chi connectivity index (χ1n) is 8.03. The Morgan fingerprint density at radius 3 is 2.26 bits per heavy atom. The summed E-state index contributed by atoms with van der Waals surface area (Å²) >= 11 is 5.93. The fourth-order valence-electron chi connectivity index (χ4n) is 2.38. The average molecular weight is 398 g/mol. The average Bonchev–Trinajstić information content (AvgIpc) is 2.57. The Labute approximate surface area is 160 Å². The van der Waals surface area contributed by atoms with E-state index in [4.69, 9.17) is 21.1 Å². The molecule has 0 aliphatic heterocycles. The number of anilines is 1. The van der Waals surface area contributed by atoms with Crippen LogP contribution in [-0.2, 0) is 14.3 Å². The van der Waals surface area contributed by atoms with Crippen molar-refractivity contribution in [3.05, 3.63) is 58.1 Å². The van der Waals surface area contributed by atoms with Gasteiger partial charge >= 0.3 is 5.97 Å². The molecule has 1 atom stereocenters. The number of nitrogens with one attached hydrogen (secondary N) is 1. The third-order valence-corrected chi connectivity index (χ3v) is 3.87. The molecule has 27 heavy (non-hydrogen) atoms. The molecule has 0 aromatic heterocycles. The van der Waals surface area contributed by atoms with Crippen LogP contribution >= 0.6 is 11.6 Å². The second-order valence-electron chi connectivity index (χ2n) is 5.88. The van der Waals surface area contributed by atoms with Gasteiger partial charge < -0.3 is 14.8 Å². The van der Waals surface area contributed by atoms with Gasteiger partial charge in [0.05, 0.1) is 0 Å². The van der Waals surface area contributed by atoms with Gasteiger partial charge in [-0.15, -0.1) is 0 Å². The number of hydrogen-bond donors (Lipinski definition) is 1. The molecule has 2 rings (SSSR count). The van der Waals surface area contributed by atoms with Gasteiger partial charge in [0, 0.05) is 5.02 Å². The van der Waals surface area contributed by atoms with Crippen LogP contribution in [0.15, 0.2) is 30.3 Å². The highest BCUT2D eigenvalue weighted by atomic mass is 35.5. The molecule has 0 heterocycles. The highest BCUT2D eigenvalue weighted by molar-refractivity contribution is 6.30. The van der Waals surface area contributed by atoms with E-state index in [-0.39, 0.29) is 0 Å². The Bertz CT molecular complexity index is 830. The van der Waals surface area contributed by atoms with E-state index in [0.717, 1.165) is 23.3 Å². The number of aryl methyl sites for hydroxylation is 2. The summed E-state index contributed by atoms with van der Waals surface area (Å²) in [5.41, 5.74) is 0.885. The van der Waals surface area contributed by atoms with Crippen LogP contribution in [0.25, 0.3) is 0 Å². The number of esters is 1. The Morgan fingerprint density at radius 2 is 1.70 bits per heavy atom. The summed E-state index contributed by atoms with van der Waals surface area (Å²) in [4.78, 5) is 23.9. The van der Waals surface area contributed by atoms with E-state index in [1.54, 1.807) is 26.0 Å². The molecule has 8 heteroatoms. The maximum absolute atomic E-state index is 13.6. The molecule has 1 amide bonds. The number of rotatable bonds is 6. The summed E-state index contributed by atoms with van der Waals surface area (Å²) in [6, 6.07) is 6.55. The Balaban J connectivity index is 1.93. The van der Waals surface area contributed by atoms with E-state index in [0.29, 0.717) is 10.8 Å². The molecule has 2 aromatic carbocycles. The van der Waals surface area contributed by atoms with E-state index in [9.17, 15) is 18.4 Å². The Morgan fingerprint density at radius 1 is 1.15 bits per heavy atom. The van der Waals surface area contributed by atoms with Crippen LogP contribution in [0.3, 0.4) is 0 Å². The lowest BCUT2D eigenvalue weighted by Gasteiger charge is -2.16. The highest BCUT2D eigenvalue weighted by Crippen LogP contribution is 2.27. The zero-order chi connectivity index (χ0) is 20.1. The number of ether oxygens (including phenoxy) is 2. The minimum Gasteiger partial charge on any atom is -0.481 e. The van der Waals surface area contributed by atoms with Crippen molar-refractivity contribution in [2.24, 2.45) is 0 Å². The molecule has 0 saturated carbocycles. The molecule has 144 valence electrons. The highest BCUT2D eigenvalue weighted by Gasteiger charge is 2.21. The summed E-state index contributed by atoms with van der Waals surface area (Å²) in [5, 5.41) is 2.61. The molecule has 0 saturated heterocycles. The van der Waals surface area contributed by atoms with Gasteiger partial charge in [0.2, 0.25) is 0 Å². The molecule has 0 aliphatic rings. The summed E-state index contributed by atoms with van der Waals surface area (Å²) < 4.78 is 37.5. The number of hydrogen-bond acceptors (Lipinski definition) is 4. The van der Waals surface area contributed by atoms with E-state index < -0.39 is 41.9 Å². The fraction of sp³-hybridized carbons (Fsp3) is 0.263. The Hall–Kier alpha value is -2.67. The third-order valence-electron chi connectivity index (χ3n) is 3.65. The Kier molecular flexibility index (Phi) is 6.74. The van der Waals surface area contributed by atoms with Crippen LogP contribution in [0.2, 0.25) is 5.02 Å². The monoisotopic (exact) mass is 397 g/mol. The normalized spacial score (nSPS) is 11.6. The van der Waals surface area contributed by atoms with E-state index in [1.165, 1.54) is 13.0 Å². The summed E-state index contributed by atoms with van der Waals surface area (Å²) in [6.07, 6.45) is -1.27. The van der Waals surface area contributed by atoms with Crippen molar-refractivity contribution < 1.29 is 27.8 Å². The van der Waals surface area contributed by atoms with Crippen molar-refractivity contribution in [3.63, 3.8) is 0 Å². The molecule has 0 spiro atoms. The standard InChI is InChI=1S/C19H18ClF2NO4/c1-10-7-13(20)8-11(2)18(10)26-9-16(24)27-12(3)19(25)23-17-14(21)5-4-6-15(17)22/h4-8,12H,9H2,1-3H3,(H,23,25)/t12-/m0/s1. The maximum Gasteiger partial charge on any atom is 0.344 e. The molecule has 2 aromatic rings. The van der Waals surface area contributed by atoms with Gasteiger partial charge in [-0.1, -0.05) is 17.7 Å². The van der Waals surface area contributed by atoms with Crippen molar-refractivity contribution in [2.45, 2.75) is 26.9 Å². The largest absolute Gasteiger partial charge is 0.481 e. The first kappa shape index (κ1) is 20.6. The third kappa shape index (κ3) is 5.40. The fourth-order valence-corrected chi connectivity index (χ4v) is 2.71. The van der Waals surface area contributed by atoms with Crippen LogP contribution in [0.5, 0.6) is 5.75 Å². The molecular weight excluding hydrogens is 380 g/mol. The van der Waals surface area contributed by atoms with Crippen LogP contribution in [-0.4, -0.2) is 24.6 Å². The SMILES string of the molecule is Cc1cc(Cl)cc(C)c1OCC(=O)O[C@@H](C)C(=O)Nc1c(F)cccc1F. The number of para-hydroxylation sites is 1. The molecule has 1 N–H and O–H groups in total. The lowest BCUT2D eigenvalue weighted by atomic mass is 10.1. The van der Waals surface area contributed by atoms with Gasteiger partial charge in [-0.3, -0.25) is 4.79 Å². The molecule has 0 bridgehead atoms. The molecule has 0 fully saturated rings. The first-order chi connectivity index (χ1) is 12.7. The number of halogens is 3. The number of carbonyl (C=O) groups is 2. The zero-order valence-electron chi connectivity index (χ0n) is 14.9. The topological polar surface area (TPSA) is 64.6 Å². The van der Waals surface area contributed by atoms with Gasteiger partial charge in [0.15, 0.2) is 12.7 Å². The molecule has 5 nitrogen and oxygen atoms in total. The lowest BCUT2D eigenvalue weighted by molar-refractivity contribution is -0.155. The van der Waals surface area contributed by atoms with Crippen molar-refractivity contribution >= 4 is 29.2 Å². The van der Waals surface area contributed by atoms with Crippen LogP contribution < -0.4 is 10.1 Å². The summed E-state index contributed by atoms with van der Waals surface area (Å²) in [5.74, 6) is -3.05. The van der Waals surface area contributed by atoms with Crippen molar-refractivity contribution in [2.75, 3.05) is 11.9 Å². The van der Waals surface area contributed by atoms with Crippen molar-refractivity contribution in [1.29, 1.82) is 0 Å². The van der Waals surface area contributed by atoms with Crippen LogP contribution in [0, 0.1) is 25.5 Å². The predicted octanol–water partition coefficient (Wildman–Crippen LogP) is 4.18. The number of amides is 1. The quantitative estimate of drug-likeness (QED) is 0.742. The second kappa shape index (κ2) is 8.81. The lowest BCUT2D eigenvalue weighted by Crippen LogP contribution is -2.32. The smallest absolute Gasteiger partial charge is 0.344 e. The van der Waals surface area contributed by atoms with Crippen LogP contribution in [0.4, 0.5) is 14.5 Å².